The lowest BCUT2D eigenvalue weighted by Crippen LogP contribution is -2.09. The average molecular weight is 445 g/mol. The maximum atomic E-state index is 12.5. The summed E-state index contributed by atoms with van der Waals surface area (Å²) in [5.74, 6) is 1.91. The van der Waals surface area contributed by atoms with Gasteiger partial charge in [0.15, 0.2) is 11.5 Å². The molecule has 0 saturated carbocycles. The zero-order valence-electron chi connectivity index (χ0n) is 18.7. The Balaban J connectivity index is 1.79. The zero-order valence-corrected chi connectivity index (χ0v) is 18.7. The van der Waals surface area contributed by atoms with Gasteiger partial charge in [0, 0.05) is 6.07 Å². The van der Waals surface area contributed by atoms with Gasteiger partial charge in [-0.3, -0.25) is 0 Å². The third-order valence-corrected chi connectivity index (χ3v) is 4.80. The van der Waals surface area contributed by atoms with Crippen molar-refractivity contribution >= 4 is 17.6 Å². The normalized spacial score (nSPS) is 10.7. The molecular weight excluding hydrogens is 422 g/mol. The van der Waals surface area contributed by atoms with Crippen LogP contribution in [0.3, 0.4) is 0 Å². The van der Waals surface area contributed by atoms with E-state index in [-0.39, 0.29) is 0 Å². The molecule has 7 heteroatoms. The molecular formula is C26H23NO6. The molecule has 0 aliphatic rings. The molecule has 0 atom stereocenters. The molecule has 0 spiro atoms. The minimum absolute atomic E-state index is 0.301. The molecule has 0 fully saturated rings. The lowest BCUT2D eigenvalue weighted by Gasteiger charge is -2.09. The van der Waals surface area contributed by atoms with Gasteiger partial charge in [-0.05, 0) is 59.7 Å². The van der Waals surface area contributed by atoms with Gasteiger partial charge in [0.2, 0.25) is 0 Å². The molecule has 168 valence electrons. The smallest absolute Gasteiger partial charge is 0.343 e. The van der Waals surface area contributed by atoms with E-state index in [0.717, 1.165) is 5.56 Å². The fraction of sp³-hybridized carbons (Fsp3) is 0.154. The number of hydrogen-bond donors (Lipinski definition) is 0. The van der Waals surface area contributed by atoms with E-state index in [2.05, 4.69) is 6.07 Å². The summed E-state index contributed by atoms with van der Waals surface area (Å²) in [5.41, 5.74) is 2.21. The molecule has 7 nitrogen and oxygen atoms in total. The molecule has 33 heavy (non-hydrogen) atoms. The van der Waals surface area contributed by atoms with Gasteiger partial charge in [-0.1, -0.05) is 12.1 Å². The summed E-state index contributed by atoms with van der Waals surface area (Å²) in [7, 11) is 6.11. The van der Waals surface area contributed by atoms with E-state index in [4.69, 9.17) is 23.7 Å². The highest BCUT2D eigenvalue weighted by Gasteiger charge is 2.13. The third-order valence-electron chi connectivity index (χ3n) is 4.80. The Kier molecular flexibility index (Phi) is 7.55. The van der Waals surface area contributed by atoms with E-state index in [1.165, 1.54) is 14.2 Å². The molecule has 3 rings (SSSR count). The molecule has 0 N–H and O–H groups in total. The number of nitrogens with zero attached hydrogens (tertiary/aromatic N) is 1. The number of ether oxygens (including phenoxy) is 5. The molecule has 0 aromatic heterocycles. The zero-order chi connectivity index (χ0) is 23.8. The van der Waals surface area contributed by atoms with E-state index in [1.807, 2.05) is 0 Å². The molecule has 0 aliphatic carbocycles. The van der Waals surface area contributed by atoms with Crippen LogP contribution in [0.15, 0.2) is 60.7 Å². The number of nitriles is 1. The van der Waals surface area contributed by atoms with Crippen molar-refractivity contribution in [3.8, 4) is 34.8 Å². The fourth-order valence-electron chi connectivity index (χ4n) is 3.07. The molecule has 0 heterocycles. The van der Waals surface area contributed by atoms with Gasteiger partial charge in [-0.2, -0.15) is 5.26 Å². The lowest BCUT2D eigenvalue weighted by atomic mass is 10.0. The van der Waals surface area contributed by atoms with Crippen LogP contribution in [0.25, 0.3) is 11.6 Å². The van der Waals surface area contributed by atoms with E-state index >= 15 is 0 Å². The van der Waals surface area contributed by atoms with Crippen molar-refractivity contribution in [3.63, 3.8) is 0 Å². The summed E-state index contributed by atoms with van der Waals surface area (Å²) in [4.78, 5) is 12.5. The Morgan fingerprint density at radius 1 is 0.727 bits per heavy atom. The number of esters is 1. The van der Waals surface area contributed by atoms with Gasteiger partial charge in [0.25, 0.3) is 0 Å². The van der Waals surface area contributed by atoms with Crippen molar-refractivity contribution in [2.75, 3.05) is 28.4 Å². The van der Waals surface area contributed by atoms with Crippen molar-refractivity contribution in [3.05, 3.63) is 77.4 Å². The van der Waals surface area contributed by atoms with Gasteiger partial charge in [-0.15, -0.1) is 0 Å². The maximum Gasteiger partial charge on any atom is 0.343 e. The first-order valence-electron chi connectivity index (χ1n) is 9.90. The SMILES string of the molecule is COc1cc(OC)cc(C(=O)Oc2ccc(/C=C(/C#N)c3ccc(OC)c(OC)c3)cc2)c1. The molecule has 0 aliphatic heterocycles. The van der Waals surface area contributed by atoms with Gasteiger partial charge in [0.05, 0.1) is 45.6 Å². The second-order valence-electron chi connectivity index (χ2n) is 6.80. The molecule has 0 amide bonds. The Labute approximate surface area is 192 Å². The molecule has 0 unspecified atom stereocenters. The molecule has 0 radical (unpaired) electrons. The van der Waals surface area contributed by atoms with Gasteiger partial charge in [-0.25, -0.2) is 4.79 Å². The third kappa shape index (κ3) is 5.63. The summed E-state index contributed by atoms with van der Waals surface area (Å²) in [5, 5.41) is 9.64. The Bertz CT molecular complexity index is 1190. The first-order chi connectivity index (χ1) is 16.0. The maximum absolute atomic E-state index is 12.5. The van der Waals surface area contributed by atoms with Crippen LogP contribution in [-0.4, -0.2) is 34.4 Å². The van der Waals surface area contributed by atoms with Gasteiger partial charge < -0.3 is 23.7 Å². The number of carbonyl (C=O) groups excluding carboxylic acids is 1. The molecule has 0 saturated heterocycles. The molecule has 3 aromatic rings. The standard InChI is InChI=1S/C26H23NO6/c1-29-22-12-19(13-23(15-22)30-2)26(28)33-21-8-5-17(6-9-21)11-20(16-27)18-7-10-24(31-3)25(14-18)32-4/h5-15H,1-4H3/b20-11-. The van der Waals surface area contributed by atoms with Crippen LogP contribution in [0, 0.1) is 11.3 Å². The van der Waals surface area contributed by atoms with Crippen molar-refractivity contribution in [2.45, 2.75) is 0 Å². The van der Waals surface area contributed by atoms with Crippen molar-refractivity contribution in [1.29, 1.82) is 5.26 Å². The Hall–Kier alpha value is -4.44. The highest BCUT2D eigenvalue weighted by Crippen LogP contribution is 2.31. The predicted octanol–water partition coefficient (Wildman–Crippen LogP) is 5.00. The largest absolute Gasteiger partial charge is 0.497 e. The Morgan fingerprint density at radius 2 is 1.36 bits per heavy atom. The Morgan fingerprint density at radius 3 is 1.91 bits per heavy atom. The van der Waals surface area contributed by atoms with Gasteiger partial charge in [0.1, 0.15) is 17.2 Å². The minimum atomic E-state index is -0.543. The van der Waals surface area contributed by atoms with Crippen molar-refractivity contribution < 1.29 is 28.5 Å². The minimum Gasteiger partial charge on any atom is -0.497 e. The highest BCUT2D eigenvalue weighted by molar-refractivity contribution is 5.92. The first-order valence-corrected chi connectivity index (χ1v) is 9.90. The average Bonchev–Trinajstić information content (AvgIpc) is 2.87. The van der Waals surface area contributed by atoms with E-state index in [0.29, 0.717) is 45.4 Å². The van der Waals surface area contributed by atoms with Crippen molar-refractivity contribution in [1.82, 2.24) is 0 Å². The van der Waals surface area contributed by atoms with Crippen LogP contribution in [0.4, 0.5) is 0 Å². The number of rotatable bonds is 8. The quantitative estimate of drug-likeness (QED) is 0.209. The summed E-state index contributed by atoms with van der Waals surface area (Å²) in [6.45, 7) is 0. The van der Waals surface area contributed by atoms with E-state index in [9.17, 15) is 10.1 Å². The lowest BCUT2D eigenvalue weighted by molar-refractivity contribution is 0.0734. The van der Waals surface area contributed by atoms with Crippen LogP contribution < -0.4 is 23.7 Å². The molecule has 3 aromatic carbocycles. The monoisotopic (exact) mass is 445 g/mol. The van der Waals surface area contributed by atoms with Crippen molar-refractivity contribution in [2.24, 2.45) is 0 Å². The number of allylic oxidation sites excluding steroid dienone is 1. The second kappa shape index (κ2) is 10.7. The summed E-state index contributed by atoms with van der Waals surface area (Å²) in [6, 6.07) is 19.1. The van der Waals surface area contributed by atoms with Crippen LogP contribution in [-0.2, 0) is 0 Å². The summed E-state index contributed by atoms with van der Waals surface area (Å²) >= 11 is 0. The predicted molar refractivity (Wildman–Crippen MR) is 124 cm³/mol. The number of hydrogen-bond acceptors (Lipinski definition) is 7. The van der Waals surface area contributed by atoms with E-state index in [1.54, 1.807) is 81.0 Å². The number of benzene rings is 3. The highest BCUT2D eigenvalue weighted by atomic mass is 16.5. The van der Waals surface area contributed by atoms with E-state index < -0.39 is 5.97 Å². The summed E-state index contributed by atoms with van der Waals surface area (Å²) in [6.07, 6.45) is 1.74. The van der Waals surface area contributed by atoms with Crippen LogP contribution in [0.1, 0.15) is 21.5 Å². The van der Waals surface area contributed by atoms with Crippen LogP contribution in [0.5, 0.6) is 28.7 Å². The molecule has 0 bridgehead atoms. The topological polar surface area (TPSA) is 87.0 Å². The number of carbonyl (C=O) groups is 1. The van der Waals surface area contributed by atoms with Crippen LogP contribution >= 0.6 is 0 Å². The van der Waals surface area contributed by atoms with Gasteiger partial charge >= 0.3 is 5.97 Å². The second-order valence-corrected chi connectivity index (χ2v) is 6.80. The summed E-state index contributed by atoms with van der Waals surface area (Å²) < 4.78 is 26.4. The first kappa shape index (κ1) is 23.2. The number of methoxy groups -OCH3 is 4. The fourth-order valence-corrected chi connectivity index (χ4v) is 3.07. The van der Waals surface area contributed by atoms with Crippen LogP contribution in [0.2, 0.25) is 0 Å².